The molecular formula is Ag2O3Sn. The average Bonchev–Trinajstić information content (AvgIpc) is 0.811. The molecule has 6 heavy (non-hydrogen) atoms. The van der Waals surface area contributed by atoms with E-state index in [0.717, 1.165) is 0 Å². The summed E-state index contributed by atoms with van der Waals surface area (Å²) in [4.78, 5) is 0. The van der Waals surface area contributed by atoms with E-state index in [-0.39, 0.29) is 44.8 Å². The van der Waals surface area contributed by atoms with Gasteiger partial charge in [0.15, 0.2) is 0 Å². The van der Waals surface area contributed by atoms with Crippen LogP contribution in [0.5, 0.6) is 0 Å². The van der Waals surface area contributed by atoms with Crippen molar-refractivity contribution in [2.24, 2.45) is 0 Å². The molecule has 0 heterocycles. The molecule has 0 bridgehead atoms. The molecule has 0 rings (SSSR count). The molecule has 0 spiro atoms. The van der Waals surface area contributed by atoms with E-state index in [2.05, 4.69) is 0 Å². The quantitative estimate of drug-likeness (QED) is 0.423. The second kappa shape index (κ2) is 10.1. The van der Waals surface area contributed by atoms with E-state index >= 15 is 0 Å². The first-order valence-electron chi connectivity index (χ1n) is 0.612. The second-order valence-corrected chi connectivity index (χ2v) is 1.68. The van der Waals surface area contributed by atoms with Crippen LogP contribution in [0.25, 0.3) is 0 Å². The zero-order valence-corrected chi connectivity index (χ0v) is 8.15. The van der Waals surface area contributed by atoms with Crippen LogP contribution in [0.15, 0.2) is 0 Å². The van der Waals surface area contributed by atoms with E-state index in [4.69, 9.17) is 9.96 Å². The van der Waals surface area contributed by atoms with E-state index in [9.17, 15) is 0 Å². The zero-order chi connectivity index (χ0) is 3.58. The molecule has 0 aromatic heterocycles. The minimum absolute atomic E-state index is 0. The van der Waals surface area contributed by atoms with Gasteiger partial charge in [-0.15, -0.1) is 0 Å². The fourth-order valence-electron chi connectivity index (χ4n) is 0. The van der Waals surface area contributed by atoms with Gasteiger partial charge < -0.3 is 0 Å². The van der Waals surface area contributed by atoms with Crippen LogP contribution in [0, 0.1) is 0 Å². The Hall–Kier alpha value is 2.00. The van der Waals surface area contributed by atoms with Gasteiger partial charge in [-0.05, 0) is 0 Å². The molecule has 3 nitrogen and oxygen atoms in total. The van der Waals surface area contributed by atoms with Crippen molar-refractivity contribution < 1.29 is 54.7 Å². The van der Waals surface area contributed by atoms with Crippen molar-refractivity contribution in [1.29, 1.82) is 0 Å². The molecule has 0 fully saturated rings. The summed E-state index contributed by atoms with van der Waals surface area (Å²) in [6, 6.07) is 0. The number of hydrogen-bond acceptors (Lipinski definition) is 3. The molecule has 0 aliphatic carbocycles. The first-order valence-corrected chi connectivity index (χ1v) is 4.11. The van der Waals surface area contributed by atoms with Crippen molar-refractivity contribution in [2.75, 3.05) is 0 Å². The van der Waals surface area contributed by atoms with Crippen LogP contribution in [-0.2, 0) is 47.8 Å². The number of rotatable bonds is 0. The van der Waals surface area contributed by atoms with Crippen molar-refractivity contribution in [3.63, 3.8) is 0 Å². The van der Waals surface area contributed by atoms with Crippen LogP contribution in [0.4, 0.5) is 0 Å². The fourth-order valence-corrected chi connectivity index (χ4v) is 0. The zero-order valence-electron chi connectivity index (χ0n) is 2.33. The average molecular weight is 382 g/mol. The van der Waals surface area contributed by atoms with E-state index in [1.807, 2.05) is 0 Å². The Morgan fingerprint density at radius 1 is 1.17 bits per heavy atom. The normalized spacial score (nSPS) is 4.33. The Labute approximate surface area is 74.4 Å². The van der Waals surface area contributed by atoms with Crippen molar-refractivity contribution >= 4 is 20.6 Å². The van der Waals surface area contributed by atoms with Crippen LogP contribution in [-0.4, -0.2) is 20.6 Å². The van der Waals surface area contributed by atoms with Crippen LogP contribution >= 0.6 is 0 Å². The Kier molecular flexibility index (Phi) is 26.3. The van der Waals surface area contributed by atoms with Gasteiger partial charge in [0, 0.05) is 0 Å². The molecular weight excluding hydrogens is 382 g/mol. The van der Waals surface area contributed by atoms with Crippen LogP contribution in [0.1, 0.15) is 0 Å². The Morgan fingerprint density at radius 2 is 1.17 bits per heavy atom. The van der Waals surface area contributed by atoms with Crippen molar-refractivity contribution in [2.45, 2.75) is 0 Å². The van der Waals surface area contributed by atoms with Gasteiger partial charge in [-0.25, -0.2) is 0 Å². The topological polar surface area (TPSA) is 63.2 Å². The third-order valence-corrected chi connectivity index (χ3v) is 0. The molecule has 0 aliphatic rings. The van der Waals surface area contributed by atoms with E-state index in [1.54, 1.807) is 0 Å². The molecule has 0 saturated heterocycles. The Bertz CT molecular complexity index is 31.8. The number of hydrogen-bond donors (Lipinski definition) is 0. The van der Waals surface area contributed by atoms with Gasteiger partial charge in [0.05, 0.1) is 0 Å². The van der Waals surface area contributed by atoms with E-state index in [1.165, 1.54) is 0 Å². The summed E-state index contributed by atoms with van der Waals surface area (Å²) in [5, 5.41) is 0. The predicted octanol–water partition coefficient (Wildman–Crippen LogP) is -2.88. The summed E-state index contributed by atoms with van der Waals surface area (Å²) in [6.45, 7) is 0. The summed E-state index contributed by atoms with van der Waals surface area (Å²) in [6.07, 6.45) is 0. The van der Waals surface area contributed by atoms with E-state index < -0.39 is 20.6 Å². The van der Waals surface area contributed by atoms with Crippen LogP contribution in [0.3, 0.4) is 0 Å². The third-order valence-electron chi connectivity index (χ3n) is 0. The predicted molar refractivity (Wildman–Crippen MR) is 6.44 cm³/mol. The molecule has 0 aliphatic heterocycles. The van der Waals surface area contributed by atoms with Crippen molar-refractivity contribution in [3.05, 3.63) is 0 Å². The summed E-state index contributed by atoms with van der Waals surface area (Å²) in [5.41, 5.74) is 0. The molecule has 0 N–H and O–H groups in total. The van der Waals surface area contributed by atoms with Crippen LogP contribution in [0.2, 0.25) is 0 Å². The Morgan fingerprint density at radius 3 is 1.17 bits per heavy atom. The van der Waals surface area contributed by atoms with Gasteiger partial charge in [0.2, 0.25) is 0 Å². The van der Waals surface area contributed by atoms with Crippen molar-refractivity contribution in [3.8, 4) is 0 Å². The van der Waals surface area contributed by atoms with Crippen molar-refractivity contribution in [1.82, 2.24) is 0 Å². The first kappa shape index (κ1) is 15.7. The second-order valence-electron chi connectivity index (χ2n) is 0.250. The molecule has 0 unspecified atom stereocenters. The third kappa shape index (κ3) is 37.5. The summed E-state index contributed by atoms with van der Waals surface area (Å²) in [7, 11) is 0. The standard InChI is InChI=1S/2Ag.3O.Sn/q2*+1;;2*-1;. The maximum absolute atomic E-state index is 8.61. The molecule has 0 radical (unpaired) electrons. The van der Waals surface area contributed by atoms with Gasteiger partial charge in [0.25, 0.3) is 0 Å². The molecule has 0 aromatic rings. The molecule has 0 amide bonds. The van der Waals surface area contributed by atoms with Gasteiger partial charge >= 0.3 is 75.3 Å². The van der Waals surface area contributed by atoms with E-state index in [0.29, 0.717) is 0 Å². The Balaban J connectivity index is -0.0000000450. The molecule has 0 atom stereocenters. The fraction of sp³-hybridized carbons (Fsp3) is 0. The minimum atomic E-state index is -4.29. The SMILES string of the molecule is [Ag+].[Ag+].[O]=[Sn]([O-])[O-]. The van der Waals surface area contributed by atoms with Gasteiger partial charge in [0.1, 0.15) is 0 Å². The summed E-state index contributed by atoms with van der Waals surface area (Å²) < 4.78 is 25.8. The molecule has 0 aromatic carbocycles. The van der Waals surface area contributed by atoms with Gasteiger partial charge in [-0.2, -0.15) is 0 Å². The molecule has 44 valence electrons. The maximum atomic E-state index is 8.61. The van der Waals surface area contributed by atoms with Gasteiger partial charge in [-0.1, -0.05) is 0 Å². The molecule has 0 saturated carbocycles. The summed E-state index contributed by atoms with van der Waals surface area (Å²) in [5.74, 6) is 0. The molecule has 6 heteroatoms. The summed E-state index contributed by atoms with van der Waals surface area (Å²) >= 11 is -4.29. The monoisotopic (exact) mass is 382 g/mol. The van der Waals surface area contributed by atoms with Crippen LogP contribution < -0.4 is 6.89 Å². The first-order chi connectivity index (χ1) is 1.73. The van der Waals surface area contributed by atoms with Gasteiger partial charge in [-0.3, -0.25) is 0 Å².